The predicted molar refractivity (Wildman–Crippen MR) is 108 cm³/mol. The second kappa shape index (κ2) is 7.20. The summed E-state index contributed by atoms with van der Waals surface area (Å²) in [7, 11) is 0. The number of amidine groups is 1. The lowest BCUT2D eigenvalue weighted by molar-refractivity contribution is -0.118. The van der Waals surface area contributed by atoms with Gasteiger partial charge >= 0.3 is 0 Å². The molecule has 7 nitrogen and oxygen atoms in total. The average Bonchev–Trinajstić information content (AvgIpc) is 3.39. The zero-order valence-corrected chi connectivity index (χ0v) is 15.8. The maximum absolute atomic E-state index is 12.3. The molecule has 0 saturated heterocycles. The Balaban J connectivity index is 1.21. The molecule has 1 atom stereocenters. The lowest BCUT2D eigenvalue weighted by Crippen LogP contribution is -2.30. The third-order valence-electron chi connectivity index (χ3n) is 4.80. The van der Waals surface area contributed by atoms with Crippen molar-refractivity contribution in [3.63, 3.8) is 0 Å². The Morgan fingerprint density at radius 3 is 3.07 bits per heavy atom. The second-order valence-electron chi connectivity index (χ2n) is 6.60. The van der Waals surface area contributed by atoms with E-state index in [0.717, 1.165) is 28.6 Å². The van der Waals surface area contributed by atoms with Gasteiger partial charge < -0.3 is 14.8 Å². The van der Waals surface area contributed by atoms with Gasteiger partial charge in [0.05, 0.1) is 17.5 Å². The molecule has 1 N–H and O–H groups in total. The number of nitrogens with one attached hydrogen (secondary N) is 1. The third kappa shape index (κ3) is 3.20. The number of hydrogen-bond acceptors (Lipinski definition) is 7. The summed E-state index contributed by atoms with van der Waals surface area (Å²) in [5.74, 6) is 1.68. The summed E-state index contributed by atoms with van der Waals surface area (Å²) in [6.07, 6.45) is 2.76. The Morgan fingerprint density at radius 1 is 1.21 bits per heavy atom. The molecule has 3 aliphatic heterocycles. The third-order valence-corrected chi connectivity index (χ3v) is 5.74. The van der Waals surface area contributed by atoms with Crippen molar-refractivity contribution < 1.29 is 14.3 Å². The summed E-state index contributed by atoms with van der Waals surface area (Å²) in [6.45, 7) is 0.683. The smallest absolute Gasteiger partial charge is 0.231 e. The Bertz CT molecular complexity index is 991. The van der Waals surface area contributed by atoms with Crippen molar-refractivity contribution in [2.45, 2.75) is 19.0 Å². The molecule has 5 rings (SSSR count). The van der Waals surface area contributed by atoms with E-state index in [1.165, 1.54) is 17.3 Å². The van der Waals surface area contributed by atoms with Gasteiger partial charge in [0.25, 0.3) is 0 Å². The second-order valence-corrected chi connectivity index (χ2v) is 7.54. The minimum Gasteiger partial charge on any atom is -0.454 e. The van der Waals surface area contributed by atoms with Crippen molar-refractivity contribution in [2.24, 2.45) is 10.1 Å². The Hall–Kier alpha value is -3.00. The maximum atomic E-state index is 12.3. The molecule has 0 spiro atoms. The van der Waals surface area contributed by atoms with Gasteiger partial charge in [-0.3, -0.25) is 4.79 Å². The van der Waals surface area contributed by atoms with Crippen LogP contribution in [0.1, 0.15) is 23.6 Å². The summed E-state index contributed by atoms with van der Waals surface area (Å²) in [4.78, 5) is 17.0. The number of hydrogen-bond donors (Lipinski definition) is 1. The van der Waals surface area contributed by atoms with E-state index in [9.17, 15) is 4.79 Å². The van der Waals surface area contributed by atoms with E-state index in [1.807, 2.05) is 47.6 Å². The quantitative estimate of drug-likeness (QED) is 0.862. The molecule has 0 bridgehead atoms. The number of aliphatic imine (C=N–C) groups is 1. The van der Waals surface area contributed by atoms with Gasteiger partial charge in [0.2, 0.25) is 12.7 Å². The number of fused-ring (bicyclic) bond motifs is 4. The van der Waals surface area contributed by atoms with E-state index in [2.05, 4.69) is 16.5 Å². The van der Waals surface area contributed by atoms with E-state index in [0.29, 0.717) is 12.3 Å². The fraction of sp³-hybridized carbons (Fsp3) is 0.250. The maximum Gasteiger partial charge on any atom is 0.231 e. The summed E-state index contributed by atoms with van der Waals surface area (Å²) >= 11 is 1.41. The van der Waals surface area contributed by atoms with Gasteiger partial charge in [0, 0.05) is 24.7 Å². The van der Waals surface area contributed by atoms with Crippen molar-refractivity contribution in [3.05, 3.63) is 53.6 Å². The molecule has 0 unspecified atom stereocenters. The Labute approximate surface area is 166 Å². The lowest BCUT2D eigenvalue weighted by atomic mass is 10.0. The largest absolute Gasteiger partial charge is 0.454 e. The molecule has 1 amide bonds. The van der Waals surface area contributed by atoms with Crippen LogP contribution < -0.4 is 14.8 Å². The van der Waals surface area contributed by atoms with Crippen LogP contribution >= 0.6 is 11.8 Å². The molecule has 142 valence electrons. The number of nitrogens with zero attached hydrogens (tertiary/aromatic N) is 3. The first kappa shape index (κ1) is 17.1. The fourth-order valence-electron chi connectivity index (χ4n) is 3.41. The molecule has 2 aromatic carbocycles. The first-order valence-corrected chi connectivity index (χ1v) is 10.0. The van der Waals surface area contributed by atoms with Crippen LogP contribution in [0.15, 0.2) is 52.6 Å². The van der Waals surface area contributed by atoms with Gasteiger partial charge in [-0.05, 0) is 23.8 Å². The van der Waals surface area contributed by atoms with Crippen molar-refractivity contribution >= 4 is 34.7 Å². The Morgan fingerprint density at radius 2 is 2.11 bits per heavy atom. The van der Waals surface area contributed by atoms with Crippen LogP contribution in [0.3, 0.4) is 0 Å². The van der Waals surface area contributed by atoms with Crippen molar-refractivity contribution in [3.8, 4) is 11.5 Å². The number of hydrazone groups is 1. The standard InChI is InChI=1S/C20H18N4O3S/c25-19(21-10-13-5-6-17-18(9-13)27-12-26-17)11-28-20-23-15-4-2-1-3-14(15)16-7-8-22-24(16)20/h1-6,8-9,16H,7,10-12H2,(H,21,25)/t16-/m1/s1. The summed E-state index contributed by atoms with van der Waals surface area (Å²) in [5, 5.41) is 10.1. The minimum atomic E-state index is -0.0519. The molecule has 3 aliphatic rings. The monoisotopic (exact) mass is 394 g/mol. The highest BCUT2D eigenvalue weighted by Gasteiger charge is 2.32. The number of carbonyl (C=O) groups is 1. The lowest BCUT2D eigenvalue weighted by Gasteiger charge is -2.29. The highest BCUT2D eigenvalue weighted by atomic mass is 32.2. The predicted octanol–water partition coefficient (Wildman–Crippen LogP) is 3.20. The number of para-hydroxylation sites is 1. The van der Waals surface area contributed by atoms with Gasteiger partial charge in [-0.15, -0.1) is 0 Å². The van der Waals surface area contributed by atoms with Crippen LogP contribution in [0, 0.1) is 0 Å². The topological polar surface area (TPSA) is 75.5 Å². The summed E-state index contributed by atoms with van der Waals surface area (Å²) in [6, 6.07) is 13.9. The average molecular weight is 394 g/mol. The zero-order chi connectivity index (χ0) is 18.9. The van der Waals surface area contributed by atoms with Gasteiger partial charge in [-0.1, -0.05) is 36.0 Å². The molecule has 0 radical (unpaired) electrons. The molecule has 2 aromatic rings. The van der Waals surface area contributed by atoms with E-state index in [1.54, 1.807) is 0 Å². The fourth-order valence-corrected chi connectivity index (χ4v) is 4.24. The molecule has 3 heterocycles. The van der Waals surface area contributed by atoms with Crippen LogP contribution in [0.25, 0.3) is 0 Å². The van der Waals surface area contributed by atoms with Crippen LogP contribution in [0.2, 0.25) is 0 Å². The number of thioether (sulfide) groups is 1. The van der Waals surface area contributed by atoms with Gasteiger partial charge in [-0.25, -0.2) is 10.0 Å². The first-order valence-electron chi connectivity index (χ1n) is 9.05. The molecule has 28 heavy (non-hydrogen) atoms. The SMILES string of the molecule is O=C(CSC1=Nc2ccccc2[C@H]2CC=NN12)NCc1ccc2c(c1)OCO2. The van der Waals surface area contributed by atoms with E-state index in [-0.39, 0.29) is 24.5 Å². The molecular weight excluding hydrogens is 376 g/mol. The summed E-state index contributed by atoms with van der Waals surface area (Å²) in [5.41, 5.74) is 3.10. The normalized spacial score (nSPS) is 18.5. The zero-order valence-electron chi connectivity index (χ0n) is 15.0. The van der Waals surface area contributed by atoms with E-state index in [4.69, 9.17) is 14.5 Å². The van der Waals surface area contributed by atoms with E-state index < -0.39 is 0 Å². The number of ether oxygens (including phenoxy) is 2. The number of amides is 1. The molecule has 0 saturated carbocycles. The van der Waals surface area contributed by atoms with Crippen LogP contribution in [0.4, 0.5) is 5.69 Å². The molecule has 0 aliphatic carbocycles. The van der Waals surface area contributed by atoms with Crippen LogP contribution in [-0.4, -0.2) is 34.8 Å². The Kier molecular flexibility index (Phi) is 4.40. The van der Waals surface area contributed by atoms with Crippen LogP contribution in [-0.2, 0) is 11.3 Å². The molecule has 0 aromatic heterocycles. The highest BCUT2D eigenvalue weighted by molar-refractivity contribution is 8.14. The molecule has 0 fully saturated rings. The van der Waals surface area contributed by atoms with Crippen molar-refractivity contribution in [2.75, 3.05) is 12.5 Å². The van der Waals surface area contributed by atoms with Crippen molar-refractivity contribution in [1.82, 2.24) is 10.3 Å². The van der Waals surface area contributed by atoms with Gasteiger partial charge in [0.15, 0.2) is 16.7 Å². The summed E-state index contributed by atoms with van der Waals surface area (Å²) < 4.78 is 10.7. The van der Waals surface area contributed by atoms with Crippen LogP contribution in [0.5, 0.6) is 11.5 Å². The number of benzene rings is 2. The van der Waals surface area contributed by atoms with E-state index >= 15 is 0 Å². The molecule has 8 heteroatoms. The number of carbonyl (C=O) groups excluding carboxylic acids is 1. The minimum absolute atomic E-state index is 0.0519. The van der Waals surface area contributed by atoms with Crippen molar-refractivity contribution in [1.29, 1.82) is 0 Å². The van der Waals surface area contributed by atoms with Gasteiger partial charge in [-0.2, -0.15) is 5.10 Å². The van der Waals surface area contributed by atoms with Gasteiger partial charge in [0.1, 0.15) is 0 Å². The molecular formula is C20H18N4O3S. The number of rotatable bonds is 4. The first-order chi connectivity index (χ1) is 13.8. The highest BCUT2D eigenvalue weighted by Crippen LogP contribution is 2.40.